The number of carbonyl (C=O) groups is 1. The average Bonchev–Trinajstić information content (AvgIpc) is 3.15. The van der Waals surface area contributed by atoms with Crippen LogP contribution in [-0.2, 0) is 20.4 Å². The molecule has 2 aromatic heterocycles. The molecule has 0 bridgehead atoms. The Bertz CT molecular complexity index is 935. The van der Waals surface area contributed by atoms with E-state index in [1.165, 1.54) is 33.6 Å². The first-order valence-electron chi connectivity index (χ1n) is 7.93. The van der Waals surface area contributed by atoms with Crippen LogP contribution in [0.25, 0.3) is 4.96 Å². The van der Waals surface area contributed by atoms with E-state index in [1.807, 2.05) is 6.92 Å². The largest absolute Gasteiger partial charge is 0.338 e. The number of sulfone groups is 1. The molecule has 136 valence electrons. The highest BCUT2D eigenvalue weighted by Crippen LogP contribution is 2.19. The number of carbonyl (C=O) groups excluding carboxylic acids is 1. The Morgan fingerprint density at radius 3 is 3.00 bits per heavy atom. The number of aromatic nitrogens is 2. The SMILES string of the molecule is CCN(C(=O)CSCc1cc(=O)n2ccsc2n1)[C@H]1CCS(=O)(=O)C1. The highest BCUT2D eigenvalue weighted by molar-refractivity contribution is 7.99. The minimum Gasteiger partial charge on any atom is -0.338 e. The normalized spacial score (nSPS) is 19.3. The summed E-state index contributed by atoms with van der Waals surface area (Å²) in [5, 5.41) is 1.80. The third kappa shape index (κ3) is 4.24. The molecule has 25 heavy (non-hydrogen) atoms. The zero-order valence-electron chi connectivity index (χ0n) is 13.8. The summed E-state index contributed by atoms with van der Waals surface area (Å²) < 4.78 is 24.7. The molecule has 1 atom stereocenters. The Hall–Kier alpha value is -1.39. The second-order valence-corrected chi connectivity index (χ2v) is 9.96. The molecule has 7 nitrogen and oxygen atoms in total. The summed E-state index contributed by atoms with van der Waals surface area (Å²) in [6, 6.07) is 1.27. The molecular formula is C15H19N3O4S3. The molecule has 1 saturated heterocycles. The van der Waals surface area contributed by atoms with Crippen molar-refractivity contribution in [3.63, 3.8) is 0 Å². The molecule has 1 amide bonds. The van der Waals surface area contributed by atoms with Crippen LogP contribution in [0.5, 0.6) is 0 Å². The van der Waals surface area contributed by atoms with Gasteiger partial charge >= 0.3 is 0 Å². The highest BCUT2D eigenvalue weighted by Gasteiger charge is 2.33. The van der Waals surface area contributed by atoms with Crippen molar-refractivity contribution in [1.82, 2.24) is 14.3 Å². The molecule has 0 radical (unpaired) electrons. The maximum Gasteiger partial charge on any atom is 0.258 e. The van der Waals surface area contributed by atoms with Gasteiger partial charge in [0.25, 0.3) is 5.56 Å². The molecule has 0 N–H and O–H groups in total. The van der Waals surface area contributed by atoms with Gasteiger partial charge in [0.05, 0.1) is 23.0 Å². The van der Waals surface area contributed by atoms with Crippen molar-refractivity contribution < 1.29 is 13.2 Å². The van der Waals surface area contributed by atoms with Crippen molar-refractivity contribution in [2.24, 2.45) is 0 Å². The zero-order chi connectivity index (χ0) is 18.0. The van der Waals surface area contributed by atoms with Gasteiger partial charge in [-0.2, -0.15) is 0 Å². The molecule has 10 heteroatoms. The van der Waals surface area contributed by atoms with E-state index in [9.17, 15) is 18.0 Å². The van der Waals surface area contributed by atoms with Gasteiger partial charge in [0.1, 0.15) is 0 Å². The number of fused-ring (bicyclic) bond motifs is 1. The van der Waals surface area contributed by atoms with Gasteiger partial charge in [-0.3, -0.25) is 14.0 Å². The van der Waals surface area contributed by atoms with Crippen LogP contribution >= 0.6 is 23.1 Å². The fourth-order valence-electron chi connectivity index (χ4n) is 2.95. The van der Waals surface area contributed by atoms with E-state index in [4.69, 9.17) is 0 Å². The van der Waals surface area contributed by atoms with Crippen LogP contribution in [0.2, 0.25) is 0 Å². The van der Waals surface area contributed by atoms with Crippen molar-refractivity contribution in [1.29, 1.82) is 0 Å². The van der Waals surface area contributed by atoms with E-state index in [2.05, 4.69) is 4.98 Å². The number of rotatable bonds is 6. The van der Waals surface area contributed by atoms with Gasteiger partial charge in [-0.05, 0) is 13.3 Å². The third-order valence-electron chi connectivity index (χ3n) is 4.14. The van der Waals surface area contributed by atoms with E-state index < -0.39 is 9.84 Å². The number of hydrogen-bond acceptors (Lipinski definition) is 7. The summed E-state index contributed by atoms with van der Waals surface area (Å²) in [6.07, 6.45) is 2.20. The number of thioether (sulfide) groups is 1. The number of thiazole rings is 1. The molecule has 1 fully saturated rings. The molecule has 0 aromatic carbocycles. The maximum atomic E-state index is 12.4. The lowest BCUT2D eigenvalue weighted by atomic mass is 10.2. The summed E-state index contributed by atoms with van der Waals surface area (Å²) in [6.45, 7) is 2.36. The average molecular weight is 402 g/mol. The van der Waals surface area contributed by atoms with Crippen molar-refractivity contribution in [2.45, 2.75) is 25.1 Å². The first kappa shape index (κ1) is 18.4. The molecule has 0 saturated carbocycles. The van der Waals surface area contributed by atoms with E-state index in [0.29, 0.717) is 29.4 Å². The van der Waals surface area contributed by atoms with Crippen molar-refractivity contribution in [2.75, 3.05) is 23.8 Å². The Kier molecular flexibility index (Phi) is 5.49. The lowest BCUT2D eigenvalue weighted by molar-refractivity contribution is -0.129. The van der Waals surface area contributed by atoms with Crippen molar-refractivity contribution in [3.05, 3.63) is 33.7 Å². The second-order valence-electron chi connectivity index (χ2n) is 5.87. The minimum absolute atomic E-state index is 0.0601. The Balaban J connectivity index is 1.58. The molecule has 1 aliphatic heterocycles. The van der Waals surface area contributed by atoms with Crippen LogP contribution in [0, 0.1) is 0 Å². The van der Waals surface area contributed by atoms with Gasteiger partial charge in [-0.1, -0.05) is 0 Å². The van der Waals surface area contributed by atoms with Gasteiger partial charge in [0.15, 0.2) is 14.8 Å². The molecule has 1 aliphatic rings. The first-order valence-corrected chi connectivity index (χ1v) is 11.8. The predicted octanol–water partition coefficient (Wildman–Crippen LogP) is 1.02. The van der Waals surface area contributed by atoms with Crippen LogP contribution in [0.15, 0.2) is 22.4 Å². The number of nitrogens with zero attached hydrogens (tertiary/aromatic N) is 3. The fraction of sp³-hybridized carbons (Fsp3) is 0.533. The Labute approximate surface area is 154 Å². The Morgan fingerprint density at radius 1 is 1.52 bits per heavy atom. The lowest BCUT2D eigenvalue weighted by Crippen LogP contribution is -2.42. The predicted molar refractivity (Wildman–Crippen MR) is 99.9 cm³/mol. The van der Waals surface area contributed by atoms with Crippen LogP contribution < -0.4 is 5.56 Å². The maximum absolute atomic E-state index is 12.4. The topological polar surface area (TPSA) is 88.8 Å². The molecule has 0 spiro atoms. The highest BCUT2D eigenvalue weighted by atomic mass is 32.2. The van der Waals surface area contributed by atoms with Crippen LogP contribution in [-0.4, -0.2) is 58.5 Å². The molecule has 0 unspecified atom stereocenters. The van der Waals surface area contributed by atoms with Gasteiger partial charge < -0.3 is 4.90 Å². The van der Waals surface area contributed by atoms with Gasteiger partial charge in [0.2, 0.25) is 5.91 Å². The van der Waals surface area contributed by atoms with Crippen LogP contribution in [0.3, 0.4) is 0 Å². The minimum atomic E-state index is -3.01. The van der Waals surface area contributed by atoms with Crippen molar-refractivity contribution in [3.8, 4) is 0 Å². The monoisotopic (exact) mass is 401 g/mol. The summed E-state index contributed by atoms with van der Waals surface area (Å²) in [7, 11) is -3.01. The van der Waals surface area contributed by atoms with Gasteiger partial charge in [-0.15, -0.1) is 23.1 Å². The molecule has 3 rings (SSSR count). The summed E-state index contributed by atoms with van der Waals surface area (Å²) in [4.78, 5) is 31.1. The van der Waals surface area contributed by atoms with E-state index in [1.54, 1.807) is 16.5 Å². The zero-order valence-corrected chi connectivity index (χ0v) is 16.2. The molecule has 2 aromatic rings. The summed E-state index contributed by atoms with van der Waals surface area (Å²) in [5.41, 5.74) is 0.524. The molecular weight excluding hydrogens is 382 g/mol. The van der Waals surface area contributed by atoms with Gasteiger partial charge in [-0.25, -0.2) is 13.4 Å². The quantitative estimate of drug-likeness (QED) is 0.718. The van der Waals surface area contributed by atoms with Gasteiger partial charge in [0, 0.05) is 36.0 Å². The van der Waals surface area contributed by atoms with E-state index in [-0.39, 0.29) is 34.8 Å². The Morgan fingerprint density at radius 2 is 2.32 bits per heavy atom. The molecule has 0 aliphatic carbocycles. The lowest BCUT2D eigenvalue weighted by Gasteiger charge is -2.26. The first-order chi connectivity index (χ1) is 11.9. The van der Waals surface area contributed by atoms with E-state index in [0.717, 1.165) is 0 Å². The summed E-state index contributed by atoms with van der Waals surface area (Å²) in [5.74, 6) is 0.864. The fourth-order valence-corrected chi connectivity index (χ4v) is 6.22. The van der Waals surface area contributed by atoms with Crippen LogP contribution in [0.4, 0.5) is 0 Å². The van der Waals surface area contributed by atoms with E-state index >= 15 is 0 Å². The number of hydrogen-bond donors (Lipinski definition) is 0. The molecule has 3 heterocycles. The standard InChI is InChI=1S/C15H19N3O4S3/c1-2-17(12-3-6-25(21,22)10-12)14(20)9-23-8-11-7-13(19)18-4-5-24-15(18)16-11/h4-5,7,12H,2-3,6,8-10H2,1H3/t12-/m0/s1. The van der Waals surface area contributed by atoms with Crippen molar-refractivity contribution >= 4 is 43.8 Å². The smallest absolute Gasteiger partial charge is 0.258 e. The van der Waals surface area contributed by atoms with Crippen LogP contribution in [0.1, 0.15) is 19.0 Å². The summed E-state index contributed by atoms with van der Waals surface area (Å²) >= 11 is 2.78. The third-order valence-corrected chi connectivity index (χ3v) is 7.60. The number of amides is 1. The second kappa shape index (κ2) is 7.46.